The van der Waals surface area contributed by atoms with Gasteiger partial charge in [0.15, 0.2) is 0 Å². The molecule has 0 atom stereocenters. The average Bonchev–Trinajstić information content (AvgIpc) is 2.06. The van der Waals surface area contributed by atoms with Crippen LogP contribution in [0.4, 0.5) is 0 Å². The van der Waals surface area contributed by atoms with Crippen LogP contribution in [0.5, 0.6) is 0 Å². The van der Waals surface area contributed by atoms with Crippen LogP contribution in [0.3, 0.4) is 0 Å². The van der Waals surface area contributed by atoms with Gasteiger partial charge in [0, 0.05) is 9.27 Å². The Morgan fingerprint density at radius 3 is 2.67 bits per heavy atom. The number of aldehydes is 1. The van der Waals surface area contributed by atoms with Gasteiger partial charge in [0.2, 0.25) is 0 Å². The maximum atomic E-state index is 10.1. The van der Waals surface area contributed by atoms with Crippen molar-refractivity contribution in [2.45, 2.75) is 6.42 Å². The van der Waals surface area contributed by atoms with Crippen LogP contribution in [0.2, 0.25) is 0 Å². The molecular formula is C8H9ClOS2. The zero-order valence-corrected chi connectivity index (χ0v) is 8.85. The molecule has 0 spiro atoms. The molecule has 66 valence electrons. The summed E-state index contributed by atoms with van der Waals surface area (Å²) < 4.78 is 1.21. The highest BCUT2D eigenvalue weighted by molar-refractivity contribution is 8.22. The Morgan fingerprint density at radius 2 is 2.08 bits per heavy atom. The standard InChI is InChI=1S/C8H9ClOS2/c9-7(2-3-10)6-8-11-4-1-5-12-8/h2-3,6H,1,4-5H2/b7-2+. The van der Waals surface area contributed by atoms with Gasteiger partial charge in [0.1, 0.15) is 6.29 Å². The number of hydrogen-bond donors (Lipinski definition) is 0. The predicted octanol–water partition coefficient (Wildman–Crippen LogP) is 3.02. The quantitative estimate of drug-likeness (QED) is 0.526. The van der Waals surface area contributed by atoms with E-state index in [-0.39, 0.29) is 0 Å². The monoisotopic (exact) mass is 220 g/mol. The Labute approximate surface area is 85.6 Å². The fraction of sp³-hybridized carbons (Fsp3) is 0.375. The highest BCUT2D eigenvalue weighted by atomic mass is 35.5. The summed E-state index contributed by atoms with van der Waals surface area (Å²) in [6, 6.07) is 0. The molecule has 1 rings (SSSR count). The third kappa shape index (κ3) is 3.70. The smallest absolute Gasteiger partial charge is 0.144 e. The molecule has 0 aromatic carbocycles. The van der Waals surface area contributed by atoms with Crippen LogP contribution in [-0.4, -0.2) is 17.8 Å². The van der Waals surface area contributed by atoms with E-state index in [0.29, 0.717) is 11.3 Å². The maximum absolute atomic E-state index is 10.1. The van der Waals surface area contributed by atoms with Crippen molar-refractivity contribution >= 4 is 41.4 Å². The molecule has 12 heavy (non-hydrogen) atoms. The Hall–Kier alpha value is 0.140. The molecule has 0 bridgehead atoms. The lowest BCUT2D eigenvalue weighted by Gasteiger charge is -2.11. The minimum absolute atomic E-state index is 0.516. The second-order valence-electron chi connectivity index (χ2n) is 2.20. The predicted molar refractivity (Wildman–Crippen MR) is 57.6 cm³/mol. The summed E-state index contributed by atoms with van der Waals surface area (Å²) in [5, 5.41) is 0.516. The van der Waals surface area contributed by atoms with Crippen molar-refractivity contribution in [1.29, 1.82) is 0 Å². The van der Waals surface area contributed by atoms with Crippen molar-refractivity contribution in [3.8, 4) is 0 Å². The molecule has 0 radical (unpaired) electrons. The molecule has 1 aliphatic rings. The van der Waals surface area contributed by atoms with Crippen LogP contribution in [0.25, 0.3) is 0 Å². The number of carbonyl (C=O) groups excluding carboxylic acids is 1. The second kappa shape index (κ2) is 5.73. The summed E-state index contributed by atoms with van der Waals surface area (Å²) in [4.78, 5) is 10.1. The first-order chi connectivity index (χ1) is 5.83. The lowest BCUT2D eigenvalue weighted by atomic mass is 10.5. The highest BCUT2D eigenvalue weighted by Gasteiger charge is 2.05. The summed E-state index contributed by atoms with van der Waals surface area (Å²) in [6.07, 6.45) is 5.17. The number of hydrogen-bond acceptors (Lipinski definition) is 3. The van der Waals surface area contributed by atoms with E-state index in [9.17, 15) is 4.79 Å². The number of allylic oxidation sites excluding steroid dienone is 3. The normalized spacial score (nSPS) is 19.1. The Bertz CT molecular complexity index is 215. The van der Waals surface area contributed by atoms with Gasteiger partial charge in [-0.25, -0.2) is 0 Å². The van der Waals surface area contributed by atoms with Crippen LogP contribution >= 0.6 is 35.1 Å². The Balaban J connectivity index is 2.53. The molecule has 1 fully saturated rings. The van der Waals surface area contributed by atoms with Crippen molar-refractivity contribution in [1.82, 2.24) is 0 Å². The summed E-state index contributed by atoms with van der Waals surface area (Å²) >= 11 is 9.34. The fourth-order valence-corrected chi connectivity index (χ4v) is 3.46. The van der Waals surface area contributed by atoms with E-state index in [0.717, 1.165) is 11.5 Å². The zero-order valence-electron chi connectivity index (χ0n) is 6.46. The first kappa shape index (κ1) is 10.2. The van der Waals surface area contributed by atoms with E-state index in [2.05, 4.69) is 0 Å². The molecular weight excluding hydrogens is 212 g/mol. The van der Waals surface area contributed by atoms with Crippen LogP contribution in [0.15, 0.2) is 21.4 Å². The Morgan fingerprint density at radius 1 is 1.42 bits per heavy atom. The third-order valence-corrected chi connectivity index (χ3v) is 3.99. The van der Waals surface area contributed by atoms with E-state index in [4.69, 9.17) is 11.6 Å². The molecule has 0 unspecified atom stereocenters. The van der Waals surface area contributed by atoms with E-state index in [1.54, 1.807) is 23.5 Å². The van der Waals surface area contributed by atoms with Crippen molar-refractivity contribution in [2.75, 3.05) is 11.5 Å². The van der Waals surface area contributed by atoms with Crippen molar-refractivity contribution in [3.63, 3.8) is 0 Å². The molecule has 4 heteroatoms. The van der Waals surface area contributed by atoms with Crippen LogP contribution in [0.1, 0.15) is 6.42 Å². The molecule has 0 saturated carbocycles. The summed E-state index contributed by atoms with van der Waals surface area (Å²) in [5.74, 6) is 2.31. The van der Waals surface area contributed by atoms with Gasteiger partial charge in [-0.1, -0.05) is 11.6 Å². The number of carbonyl (C=O) groups is 1. The van der Waals surface area contributed by atoms with Gasteiger partial charge in [-0.2, -0.15) is 0 Å². The van der Waals surface area contributed by atoms with Gasteiger partial charge < -0.3 is 0 Å². The largest absolute Gasteiger partial charge is 0.299 e. The minimum atomic E-state index is 0.516. The maximum Gasteiger partial charge on any atom is 0.144 e. The van der Waals surface area contributed by atoms with Gasteiger partial charge in [0.05, 0.1) is 0 Å². The van der Waals surface area contributed by atoms with Crippen molar-refractivity contribution in [2.24, 2.45) is 0 Å². The van der Waals surface area contributed by atoms with Crippen molar-refractivity contribution < 1.29 is 4.79 Å². The van der Waals surface area contributed by atoms with Gasteiger partial charge in [0.25, 0.3) is 0 Å². The topological polar surface area (TPSA) is 17.1 Å². The van der Waals surface area contributed by atoms with E-state index in [1.165, 1.54) is 16.7 Å². The van der Waals surface area contributed by atoms with E-state index in [1.807, 2.05) is 6.08 Å². The number of halogens is 1. The highest BCUT2D eigenvalue weighted by Crippen LogP contribution is 2.35. The zero-order chi connectivity index (χ0) is 8.81. The molecule has 1 heterocycles. The summed E-state index contributed by atoms with van der Waals surface area (Å²) in [5.41, 5.74) is 0. The summed E-state index contributed by atoms with van der Waals surface area (Å²) in [7, 11) is 0. The number of rotatable bonds is 2. The van der Waals surface area contributed by atoms with Crippen LogP contribution in [-0.2, 0) is 4.79 Å². The molecule has 0 amide bonds. The minimum Gasteiger partial charge on any atom is -0.299 e. The first-order valence-corrected chi connectivity index (χ1v) is 5.96. The lowest BCUT2D eigenvalue weighted by molar-refractivity contribution is -0.104. The van der Waals surface area contributed by atoms with Crippen molar-refractivity contribution in [3.05, 3.63) is 21.4 Å². The van der Waals surface area contributed by atoms with Gasteiger partial charge in [-0.05, 0) is 30.1 Å². The van der Waals surface area contributed by atoms with Gasteiger partial charge in [-0.3, -0.25) is 4.79 Å². The molecule has 1 aliphatic heterocycles. The van der Waals surface area contributed by atoms with Gasteiger partial charge in [-0.15, -0.1) is 23.5 Å². The lowest BCUT2D eigenvalue weighted by Crippen LogP contribution is -1.91. The molecule has 0 aromatic rings. The van der Waals surface area contributed by atoms with Gasteiger partial charge >= 0.3 is 0 Å². The van der Waals surface area contributed by atoms with E-state index >= 15 is 0 Å². The first-order valence-electron chi connectivity index (χ1n) is 3.61. The number of thioether (sulfide) groups is 2. The Kier molecular flexibility index (Phi) is 4.88. The van der Waals surface area contributed by atoms with E-state index < -0.39 is 0 Å². The second-order valence-corrected chi connectivity index (χ2v) is 5.17. The third-order valence-electron chi connectivity index (χ3n) is 1.26. The average molecular weight is 221 g/mol. The summed E-state index contributed by atoms with van der Waals surface area (Å²) in [6.45, 7) is 0. The fourth-order valence-electron chi connectivity index (χ4n) is 0.755. The SMILES string of the molecule is O=C/C=C(/Cl)C=C1SCCCS1. The van der Waals surface area contributed by atoms with Crippen LogP contribution in [0, 0.1) is 0 Å². The molecule has 0 N–H and O–H groups in total. The molecule has 1 nitrogen and oxygen atoms in total. The molecule has 0 aliphatic carbocycles. The molecule has 1 saturated heterocycles. The molecule has 0 aromatic heterocycles. The van der Waals surface area contributed by atoms with Crippen LogP contribution < -0.4 is 0 Å².